The van der Waals surface area contributed by atoms with Crippen LogP contribution in [-0.4, -0.2) is 35.7 Å². The fourth-order valence-corrected chi connectivity index (χ4v) is 3.38. The molecule has 2 atom stereocenters. The van der Waals surface area contributed by atoms with Crippen molar-refractivity contribution in [2.45, 2.75) is 57.7 Å². The van der Waals surface area contributed by atoms with Crippen molar-refractivity contribution >= 4 is 0 Å². The first-order chi connectivity index (χ1) is 9.67. The highest BCUT2D eigenvalue weighted by atomic mass is 16.5. The van der Waals surface area contributed by atoms with Crippen molar-refractivity contribution in [3.63, 3.8) is 0 Å². The Hall–Kier alpha value is -1.06. The van der Waals surface area contributed by atoms with Crippen molar-refractivity contribution in [2.75, 3.05) is 13.7 Å². The fourth-order valence-electron chi connectivity index (χ4n) is 3.38. The number of aliphatic hydroxyl groups is 1. The van der Waals surface area contributed by atoms with E-state index >= 15 is 0 Å². The Morgan fingerprint density at radius 3 is 2.35 bits per heavy atom. The first-order valence-corrected chi connectivity index (χ1v) is 7.75. The van der Waals surface area contributed by atoms with E-state index in [1.54, 1.807) is 7.11 Å². The van der Waals surface area contributed by atoms with Gasteiger partial charge in [-0.2, -0.15) is 0 Å². The molecule has 0 radical (unpaired) electrons. The highest BCUT2D eigenvalue weighted by molar-refractivity contribution is 5.29. The van der Waals surface area contributed by atoms with E-state index in [-0.39, 0.29) is 6.04 Å². The van der Waals surface area contributed by atoms with Crippen LogP contribution >= 0.6 is 0 Å². The number of hydrogen-bond acceptors (Lipinski definition) is 3. The Morgan fingerprint density at radius 1 is 1.25 bits per heavy atom. The molecule has 112 valence electrons. The van der Waals surface area contributed by atoms with E-state index in [9.17, 15) is 5.11 Å². The lowest BCUT2D eigenvalue weighted by Gasteiger charge is -2.36. The highest BCUT2D eigenvalue weighted by Gasteiger charge is 2.29. The smallest absolute Gasteiger partial charge is 0.118 e. The summed E-state index contributed by atoms with van der Waals surface area (Å²) < 4.78 is 5.17. The van der Waals surface area contributed by atoms with Gasteiger partial charge in [-0.1, -0.05) is 31.9 Å². The Balaban J connectivity index is 2.06. The summed E-state index contributed by atoms with van der Waals surface area (Å²) in [5.41, 5.74) is 0.967. The van der Waals surface area contributed by atoms with E-state index in [4.69, 9.17) is 4.74 Å². The minimum Gasteiger partial charge on any atom is -0.497 e. The summed E-state index contributed by atoms with van der Waals surface area (Å²) in [6.07, 6.45) is 4.75. The van der Waals surface area contributed by atoms with Crippen molar-refractivity contribution in [3.8, 4) is 5.75 Å². The zero-order valence-electron chi connectivity index (χ0n) is 12.9. The van der Waals surface area contributed by atoms with Gasteiger partial charge in [-0.15, -0.1) is 0 Å². The molecule has 1 saturated carbocycles. The van der Waals surface area contributed by atoms with Crippen LogP contribution in [-0.2, 0) is 0 Å². The summed E-state index contributed by atoms with van der Waals surface area (Å²) in [5.74, 6) is 0.830. The second-order valence-corrected chi connectivity index (χ2v) is 5.73. The molecule has 1 aromatic rings. The molecule has 0 amide bonds. The molecule has 1 aliphatic rings. The van der Waals surface area contributed by atoms with Gasteiger partial charge in [-0.05, 0) is 44.0 Å². The number of hydrogen-bond donors (Lipinski definition) is 1. The number of likely N-dealkylation sites (N-methyl/N-ethyl adjacent to an activating group) is 1. The van der Waals surface area contributed by atoms with Crippen LogP contribution in [0.15, 0.2) is 24.3 Å². The maximum atomic E-state index is 10.6. The molecular weight excluding hydrogens is 250 g/mol. The molecule has 0 spiro atoms. The third-order valence-corrected chi connectivity index (χ3v) is 4.60. The van der Waals surface area contributed by atoms with Gasteiger partial charge >= 0.3 is 0 Å². The normalized spacial score (nSPS) is 19.2. The second-order valence-electron chi connectivity index (χ2n) is 5.73. The van der Waals surface area contributed by atoms with Gasteiger partial charge < -0.3 is 9.84 Å². The van der Waals surface area contributed by atoms with Crippen molar-refractivity contribution in [1.82, 2.24) is 4.90 Å². The van der Waals surface area contributed by atoms with Crippen LogP contribution in [0.5, 0.6) is 5.75 Å². The summed E-state index contributed by atoms with van der Waals surface area (Å²) in [7, 11) is 1.66. The summed E-state index contributed by atoms with van der Waals surface area (Å²) >= 11 is 0. The lowest BCUT2D eigenvalue weighted by Crippen LogP contribution is -2.43. The molecule has 20 heavy (non-hydrogen) atoms. The zero-order chi connectivity index (χ0) is 14.5. The Kier molecular flexibility index (Phi) is 5.44. The number of methoxy groups -OCH3 is 1. The lowest BCUT2D eigenvalue weighted by atomic mass is 10.00. The molecule has 1 N–H and O–H groups in total. The average Bonchev–Trinajstić information content (AvgIpc) is 3.01. The molecule has 0 bridgehead atoms. The average molecular weight is 277 g/mol. The molecule has 0 saturated heterocycles. The third-order valence-electron chi connectivity index (χ3n) is 4.60. The van der Waals surface area contributed by atoms with Gasteiger partial charge in [0.2, 0.25) is 0 Å². The van der Waals surface area contributed by atoms with E-state index in [0.717, 1.165) is 17.9 Å². The van der Waals surface area contributed by atoms with E-state index in [2.05, 4.69) is 18.7 Å². The van der Waals surface area contributed by atoms with Gasteiger partial charge in [0.25, 0.3) is 0 Å². The van der Waals surface area contributed by atoms with Crippen LogP contribution in [0.1, 0.15) is 51.2 Å². The van der Waals surface area contributed by atoms with Crippen LogP contribution < -0.4 is 4.74 Å². The summed E-state index contributed by atoms with van der Waals surface area (Å²) in [5, 5.41) is 10.6. The highest BCUT2D eigenvalue weighted by Crippen LogP contribution is 2.29. The van der Waals surface area contributed by atoms with Crippen LogP contribution in [0, 0.1) is 0 Å². The van der Waals surface area contributed by atoms with E-state index in [0.29, 0.717) is 6.04 Å². The first-order valence-electron chi connectivity index (χ1n) is 7.75. The third kappa shape index (κ3) is 3.33. The molecule has 2 unspecified atom stereocenters. The van der Waals surface area contributed by atoms with Crippen LogP contribution in [0.4, 0.5) is 0 Å². The lowest BCUT2D eigenvalue weighted by molar-refractivity contribution is 0.0364. The molecule has 0 heterocycles. The minimum atomic E-state index is -0.443. The predicted molar refractivity (Wildman–Crippen MR) is 82.1 cm³/mol. The van der Waals surface area contributed by atoms with Gasteiger partial charge in [-0.3, -0.25) is 4.90 Å². The van der Waals surface area contributed by atoms with E-state index < -0.39 is 6.10 Å². The number of nitrogens with zero attached hydrogens (tertiary/aromatic N) is 1. The molecule has 3 nitrogen and oxygen atoms in total. The number of benzene rings is 1. The monoisotopic (exact) mass is 277 g/mol. The summed E-state index contributed by atoms with van der Waals surface area (Å²) in [6.45, 7) is 5.32. The standard InChI is InChI=1S/C17H27NO2/c1-4-18(15-7-5-6-8-15)13(2)17(19)14-9-11-16(20-3)12-10-14/h9-13,15,17,19H,4-8H2,1-3H3. The molecular formula is C17H27NO2. The molecule has 0 aliphatic heterocycles. The number of aliphatic hydroxyl groups excluding tert-OH is 1. The van der Waals surface area contributed by atoms with Crippen molar-refractivity contribution in [1.29, 1.82) is 0 Å². The Bertz CT molecular complexity index is 398. The van der Waals surface area contributed by atoms with E-state index in [1.165, 1.54) is 25.7 Å². The van der Waals surface area contributed by atoms with Gasteiger partial charge in [0.15, 0.2) is 0 Å². The quantitative estimate of drug-likeness (QED) is 0.865. The van der Waals surface area contributed by atoms with Crippen LogP contribution in [0.2, 0.25) is 0 Å². The van der Waals surface area contributed by atoms with Gasteiger partial charge in [-0.25, -0.2) is 0 Å². The maximum Gasteiger partial charge on any atom is 0.118 e. The first kappa shape index (κ1) is 15.3. The number of ether oxygens (including phenoxy) is 1. The minimum absolute atomic E-state index is 0.150. The van der Waals surface area contributed by atoms with Crippen LogP contribution in [0.25, 0.3) is 0 Å². The molecule has 0 aromatic heterocycles. The molecule has 2 rings (SSSR count). The summed E-state index contributed by atoms with van der Waals surface area (Å²) in [6, 6.07) is 8.54. The zero-order valence-corrected chi connectivity index (χ0v) is 12.9. The topological polar surface area (TPSA) is 32.7 Å². The molecule has 1 aliphatic carbocycles. The molecule has 3 heteroatoms. The van der Waals surface area contributed by atoms with E-state index in [1.807, 2.05) is 24.3 Å². The summed E-state index contributed by atoms with van der Waals surface area (Å²) in [4.78, 5) is 2.46. The van der Waals surface area contributed by atoms with Gasteiger partial charge in [0, 0.05) is 12.1 Å². The van der Waals surface area contributed by atoms with Crippen molar-refractivity contribution in [3.05, 3.63) is 29.8 Å². The Morgan fingerprint density at radius 2 is 1.85 bits per heavy atom. The number of rotatable bonds is 6. The maximum absolute atomic E-state index is 10.6. The van der Waals surface area contributed by atoms with Crippen molar-refractivity contribution in [2.24, 2.45) is 0 Å². The molecule has 1 aromatic carbocycles. The van der Waals surface area contributed by atoms with Gasteiger partial charge in [0.1, 0.15) is 5.75 Å². The fraction of sp³-hybridized carbons (Fsp3) is 0.647. The second kappa shape index (κ2) is 7.09. The molecule has 1 fully saturated rings. The largest absolute Gasteiger partial charge is 0.497 e. The SMILES string of the molecule is CCN(C1CCCC1)C(C)C(O)c1ccc(OC)cc1. The van der Waals surface area contributed by atoms with Crippen molar-refractivity contribution < 1.29 is 9.84 Å². The van der Waals surface area contributed by atoms with Gasteiger partial charge in [0.05, 0.1) is 13.2 Å². The van der Waals surface area contributed by atoms with Crippen LogP contribution in [0.3, 0.4) is 0 Å². The Labute approximate surface area is 122 Å². The predicted octanol–water partition coefficient (Wildman–Crippen LogP) is 3.38.